The number of allylic oxidation sites excluding steroid dienone is 1. The molecule has 0 unspecified atom stereocenters. The van der Waals surface area contributed by atoms with Crippen LogP contribution in [0.25, 0.3) is 0 Å². The third-order valence-corrected chi connectivity index (χ3v) is 2.93. The van der Waals surface area contributed by atoms with E-state index in [1.54, 1.807) is 0 Å². The molecule has 1 fully saturated rings. The summed E-state index contributed by atoms with van der Waals surface area (Å²) in [4.78, 5) is 0. The first-order valence-electron chi connectivity index (χ1n) is 6.35. The minimum Gasteiger partial charge on any atom is -0.380 e. The van der Waals surface area contributed by atoms with Crippen molar-refractivity contribution in [3.8, 4) is 0 Å². The summed E-state index contributed by atoms with van der Waals surface area (Å²) in [7, 11) is 0. The zero-order valence-corrected chi connectivity index (χ0v) is 9.84. The molecule has 0 radical (unpaired) electrons. The van der Waals surface area contributed by atoms with Crippen molar-refractivity contribution < 1.29 is 4.74 Å². The Morgan fingerprint density at radius 1 is 1.27 bits per heavy atom. The summed E-state index contributed by atoms with van der Waals surface area (Å²) in [6.45, 7) is 6.74. The highest BCUT2D eigenvalue weighted by molar-refractivity contribution is 4.73. The Hall–Kier alpha value is -0.340. The second-order valence-corrected chi connectivity index (χ2v) is 4.36. The first-order valence-corrected chi connectivity index (χ1v) is 6.35. The van der Waals surface area contributed by atoms with Gasteiger partial charge in [-0.1, -0.05) is 18.9 Å². The third-order valence-electron chi connectivity index (χ3n) is 2.93. The number of ether oxygens (including phenoxy) is 1. The average Bonchev–Trinajstić information content (AvgIpc) is 2.75. The molecule has 1 rings (SSSR count). The second-order valence-electron chi connectivity index (χ2n) is 4.36. The van der Waals surface area contributed by atoms with E-state index in [4.69, 9.17) is 4.74 Å². The topological polar surface area (TPSA) is 21.3 Å². The van der Waals surface area contributed by atoms with Gasteiger partial charge >= 0.3 is 0 Å². The molecule has 0 aliphatic carbocycles. The molecule has 88 valence electrons. The standard InChI is InChI=1S/C13H25NO/c1-2-3-4-5-6-7-11-15-12-13-9-8-10-14-13/h2,13-14H,1,3-12H2/t13-/m0/s1. The predicted octanol–water partition coefficient (Wildman–Crippen LogP) is 2.89. The van der Waals surface area contributed by atoms with Gasteiger partial charge in [0.05, 0.1) is 6.61 Å². The Balaban J connectivity index is 1.74. The molecular weight excluding hydrogens is 186 g/mol. The molecule has 1 atom stereocenters. The second kappa shape index (κ2) is 8.93. The van der Waals surface area contributed by atoms with Crippen LogP contribution in [0.2, 0.25) is 0 Å². The van der Waals surface area contributed by atoms with Crippen LogP contribution in [0.1, 0.15) is 44.9 Å². The summed E-state index contributed by atoms with van der Waals surface area (Å²) in [5, 5.41) is 3.44. The molecule has 0 aromatic heterocycles. The van der Waals surface area contributed by atoms with Crippen LogP contribution in [0, 0.1) is 0 Å². The van der Waals surface area contributed by atoms with Gasteiger partial charge in [0.25, 0.3) is 0 Å². The Bertz CT molecular complexity index is 153. The zero-order valence-electron chi connectivity index (χ0n) is 9.84. The molecule has 0 bridgehead atoms. The fourth-order valence-corrected chi connectivity index (χ4v) is 1.97. The van der Waals surface area contributed by atoms with Crippen LogP contribution in [0.4, 0.5) is 0 Å². The van der Waals surface area contributed by atoms with Crippen molar-refractivity contribution in [2.24, 2.45) is 0 Å². The van der Waals surface area contributed by atoms with Gasteiger partial charge in [-0.3, -0.25) is 0 Å². The van der Waals surface area contributed by atoms with Crippen LogP contribution >= 0.6 is 0 Å². The van der Waals surface area contributed by atoms with E-state index in [2.05, 4.69) is 11.9 Å². The lowest BCUT2D eigenvalue weighted by atomic mass is 10.1. The molecule has 2 nitrogen and oxygen atoms in total. The van der Waals surface area contributed by atoms with Gasteiger partial charge in [0.2, 0.25) is 0 Å². The van der Waals surface area contributed by atoms with E-state index in [1.165, 1.54) is 45.1 Å². The maximum atomic E-state index is 5.64. The molecule has 0 spiro atoms. The Kier molecular flexibility index (Phi) is 7.58. The van der Waals surface area contributed by atoms with Crippen molar-refractivity contribution in [2.75, 3.05) is 19.8 Å². The maximum Gasteiger partial charge on any atom is 0.0619 e. The monoisotopic (exact) mass is 211 g/mol. The number of nitrogens with one attached hydrogen (secondary N) is 1. The number of unbranched alkanes of at least 4 members (excludes halogenated alkanes) is 4. The van der Waals surface area contributed by atoms with Gasteiger partial charge in [-0.05, 0) is 38.6 Å². The molecule has 2 heteroatoms. The molecule has 1 aliphatic rings. The third kappa shape index (κ3) is 6.69. The van der Waals surface area contributed by atoms with Gasteiger partial charge in [-0.25, -0.2) is 0 Å². The van der Waals surface area contributed by atoms with E-state index in [-0.39, 0.29) is 0 Å². The van der Waals surface area contributed by atoms with Crippen molar-refractivity contribution in [1.82, 2.24) is 5.32 Å². The number of rotatable bonds is 9. The van der Waals surface area contributed by atoms with Crippen molar-refractivity contribution in [1.29, 1.82) is 0 Å². The Morgan fingerprint density at radius 2 is 2.13 bits per heavy atom. The lowest BCUT2D eigenvalue weighted by Crippen LogP contribution is -2.26. The molecule has 0 aromatic rings. The summed E-state index contributed by atoms with van der Waals surface area (Å²) in [6, 6.07) is 0.630. The Labute approximate surface area is 94.1 Å². The van der Waals surface area contributed by atoms with Gasteiger partial charge in [0.15, 0.2) is 0 Å². The van der Waals surface area contributed by atoms with Gasteiger partial charge in [0.1, 0.15) is 0 Å². The molecule has 0 amide bonds. The van der Waals surface area contributed by atoms with Crippen LogP contribution < -0.4 is 5.32 Å². The van der Waals surface area contributed by atoms with Crippen LogP contribution in [0.5, 0.6) is 0 Å². The molecule has 0 aromatic carbocycles. The highest BCUT2D eigenvalue weighted by atomic mass is 16.5. The quantitative estimate of drug-likeness (QED) is 0.468. The highest BCUT2D eigenvalue weighted by Gasteiger charge is 2.12. The molecule has 15 heavy (non-hydrogen) atoms. The molecule has 0 saturated carbocycles. The molecule has 1 saturated heterocycles. The number of hydrogen-bond donors (Lipinski definition) is 1. The lowest BCUT2D eigenvalue weighted by molar-refractivity contribution is 0.112. The summed E-state index contributed by atoms with van der Waals surface area (Å²) < 4.78 is 5.64. The van der Waals surface area contributed by atoms with Crippen LogP contribution in [-0.2, 0) is 4.74 Å². The fraction of sp³-hybridized carbons (Fsp3) is 0.846. The summed E-state index contributed by atoms with van der Waals surface area (Å²) >= 11 is 0. The molecule has 1 N–H and O–H groups in total. The van der Waals surface area contributed by atoms with E-state index in [1.807, 2.05) is 6.08 Å². The van der Waals surface area contributed by atoms with Crippen molar-refractivity contribution in [3.05, 3.63) is 12.7 Å². The van der Waals surface area contributed by atoms with E-state index in [0.29, 0.717) is 6.04 Å². The van der Waals surface area contributed by atoms with Crippen molar-refractivity contribution in [3.63, 3.8) is 0 Å². The lowest BCUT2D eigenvalue weighted by Gasteiger charge is -2.10. The zero-order chi connectivity index (χ0) is 10.8. The normalized spacial score (nSPS) is 20.7. The first kappa shape index (κ1) is 12.7. The van der Waals surface area contributed by atoms with E-state index >= 15 is 0 Å². The smallest absolute Gasteiger partial charge is 0.0619 e. The van der Waals surface area contributed by atoms with Gasteiger partial charge in [-0.15, -0.1) is 6.58 Å². The Morgan fingerprint density at radius 3 is 2.87 bits per heavy atom. The van der Waals surface area contributed by atoms with Crippen molar-refractivity contribution >= 4 is 0 Å². The van der Waals surface area contributed by atoms with Gasteiger partial charge < -0.3 is 10.1 Å². The van der Waals surface area contributed by atoms with Crippen molar-refractivity contribution in [2.45, 2.75) is 51.0 Å². The minimum atomic E-state index is 0.630. The average molecular weight is 211 g/mol. The highest BCUT2D eigenvalue weighted by Crippen LogP contribution is 2.06. The largest absolute Gasteiger partial charge is 0.380 e. The fourth-order valence-electron chi connectivity index (χ4n) is 1.97. The SMILES string of the molecule is C=CCCCCCCOC[C@@H]1CCCN1. The predicted molar refractivity (Wildman–Crippen MR) is 65.1 cm³/mol. The molecular formula is C13H25NO. The van der Waals surface area contributed by atoms with Crippen LogP contribution in [-0.4, -0.2) is 25.8 Å². The first-order chi connectivity index (χ1) is 7.43. The van der Waals surface area contributed by atoms with E-state index < -0.39 is 0 Å². The van der Waals surface area contributed by atoms with Crippen LogP contribution in [0.15, 0.2) is 12.7 Å². The van der Waals surface area contributed by atoms with Gasteiger partial charge in [-0.2, -0.15) is 0 Å². The maximum absolute atomic E-state index is 5.64. The minimum absolute atomic E-state index is 0.630. The number of hydrogen-bond acceptors (Lipinski definition) is 2. The molecule has 1 heterocycles. The van der Waals surface area contributed by atoms with E-state index in [9.17, 15) is 0 Å². The van der Waals surface area contributed by atoms with E-state index in [0.717, 1.165) is 19.6 Å². The summed E-state index contributed by atoms with van der Waals surface area (Å²) in [6.07, 6.45) is 10.9. The van der Waals surface area contributed by atoms with Crippen LogP contribution in [0.3, 0.4) is 0 Å². The molecule has 1 aliphatic heterocycles. The summed E-state index contributed by atoms with van der Waals surface area (Å²) in [5.41, 5.74) is 0. The summed E-state index contributed by atoms with van der Waals surface area (Å²) in [5.74, 6) is 0. The van der Waals surface area contributed by atoms with Gasteiger partial charge in [0, 0.05) is 12.6 Å².